The number of imidazole rings is 1. The minimum Gasteiger partial charge on any atom is -0.350 e. The van der Waals surface area contributed by atoms with E-state index in [1.807, 2.05) is 42.8 Å². The molecule has 5 nitrogen and oxygen atoms in total. The normalized spacial score (nSPS) is 10.7. The SMILES string of the molecule is Cc1csc(-c2cn(CC(=O)NCc3cccc(Br)c3)cn2)n1. The molecule has 118 valence electrons. The van der Waals surface area contributed by atoms with E-state index in [0.717, 1.165) is 26.4 Å². The molecule has 1 aromatic carbocycles. The second-order valence-electron chi connectivity index (χ2n) is 5.13. The average molecular weight is 391 g/mol. The van der Waals surface area contributed by atoms with Gasteiger partial charge in [0.1, 0.15) is 17.2 Å². The Morgan fingerprint density at radius 1 is 1.43 bits per heavy atom. The van der Waals surface area contributed by atoms with Gasteiger partial charge in [-0.05, 0) is 24.6 Å². The van der Waals surface area contributed by atoms with Crippen molar-refractivity contribution in [1.82, 2.24) is 19.9 Å². The zero-order valence-electron chi connectivity index (χ0n) is 12.5. The Bertz CT molecular complexity index is 827. The highest BCUT2D eigenvalue weighted by Crippen LogP contribution is 2.21. The molecule has 3 rings (SSSR count). The van der Waals surface area contributed by atoms with Gasteiger partial charge in [0.15, 0.2) is 0 Å². The number of hydrogen-bond acceptors (Lipinski definition) is 4. The maximum absolute atomic E-state index is 12.0. The van der Waals surface area contributed by atoms with Crippen molar-refractivity contribution in [3.8, 4) is 10.7 Å². The Kier molecular flexibility index (Phi) is 4.88. The fraction of sp³-hybridized carbons (Fsp3) is 0.188. The molecule has 1 N–H and O–H groups in total. The number of hydrogen-bond donors (Lipinski definition) is 1. The van der Waals surface area contributed by atoms with Crippen LogP contribution in [0, 0.1) is 6.92 Å². The van der Waals surface area contributed by atoms with Gasteiger partial charge in [-0.25, -0.2) is 9.97 Å². The summed E-state index contributed by atoms with van der Waals surface area (Å²) in [4.78, 5) is 20.7. The largest absolute Gasteiger partial charge is 0.350 e. The van der Waals surface area contributed by atoms with E-state index in [9.17, 15) is 4.79 Å². The quantitative estimate of drug-likeness (QED) is 0.725. The number of carbonyl (C=O) groups excluding carboxylic acids is 1. The maximum Gasteiger partial charge on any atom is 0.240 e. The Labute approximate surface area is 146 Å². The number of carbonyl (C=O) groups is 1. The van der Waals surface area contributed by atoms with E-state index in [0.29, 0.717) is 6.54 Å². The number of thiazole rings is 1. The summed E-state index contributed by atoms with van der Waals surface area (Å²) >= 11 is 4.97. The monoisotopic (exact) mass is 390 g/mol. The first-order valence-electron chi connectivity index (χ1n) is 7.05. The van der Waals surface area contributed by atoms with Gasteiger partial charge in [0.25, 0.3) is 0 Å². The molecular weight excluding hydrogens is 376 g/mol. The first kappa shape index (κ1) is 15.9. The third kappa shape index (κ3) is 4.27. The molecule has 3 aromatic rings. The van der Waals surface area contributed by atoms with Crippen LogP contribution in [-0.2, 0) is 17.9 Å². The highest BCUT2D eigenvalue weighted by atomic mass is 79.9. The van der Waals surface area contributed by atoms with Crippen molar-refractivity contribution >= 4 is 33.2 Å². The van der Waals surface area contributed by atoms with Crippen molar-refractivity contribution in [3.05, 3.63) is 57.9 Å². The Balaban J connectivity index is 1.57. The van der Waals surface area contributed by atoms with Crippen LogP contribution in [0.15, 0.2) is 46.6 Å². The standard InChI is InChI=1S/C16H15BrN4OS/c1-11-9-23-16(20-11)14-7-21(10-19-14)8-15(22)18-6-12-3-2-4-13(17)5-12/h2-5,7,9-10H,6,8H2,1H3,(H,18,22). The maximum atomic E-state index is 12.0. The first-order valence-corrected chi connectivity index (χ1v) is 8.73. The second kappa shape index (κ2) is 7.06. The van der Waals surface area contributed by atoms with E-state index >= 15 is 0 Å². The Morgan fingerprint density at radius 2 is 2.30 bits per heavy atom. The Morgan fingerprint density at radius 3 is 3.04 bits per heavy atom. The van der Waals surface area contributed by atoms with Gasteiger partial charge < -0.3 is 9.88 Å². The summed E-state index contributed by atoms with van der Waals surface area (Å²) in [6.07, 6.45) is 3.50. The van der Waals surface area contributed by atoms with Gasteiger partial charge >= 0.3 is 0 Å². The molecule has 0 aliphatic rings. The molecule has 0 aliphatic carbocycles. The van der Waals surface area contributed by atoms with Crippen LogP contribution in [0.5, 0.6) is 0 Å². The van der Waals surface area contributed by atoms with Crippen molar-refractivity contribution in [2.75, 3.05) is 0 Å². The van der Waals surface area contributed by atoms with E-state index in [1.54, 1.807) is 22.2 Å². The van der Waals surface area contributed by atoms with E-state index in [4.69, 9.17) is 0 Å². The topological polar surface area (TPSA) is 59.8 Å². The van der Waals surface area contributed by atoms with Crippen molar-refractivity contribution in [3.63, 3.8) is 0 Å². The number of halogens is 1. The van der Waals surface area contributed by atoms with Crippen LogP contribution in [0.3, 0.4) is 0 Å². The second-order valence-corrected chi connectivity index (χ2v) is 6.91. The molecule has 0 radical (unpaired) electrons. The van der Waals surface area contributed by atoms with Crippen LogP contribution in [0.2, 0.25) is 0 Å². The minimum atomic E-state index is -0.0516. The zero-order chi connectivity index (χ0) is 16.2. The van der Waals surface area contributed by atoms with Gasteiger partial charge in [-0.1, -0.05) is 28.1 Å². The first-order chi connectivity index (χ1) is 11.1. The molecule has 0 aliphatic heterocycles. The smallest absolute Gasteiger partial charge is 0.240 e. The molecule has 0 fully saturated rings. The third-order valence-electron chi connectivity index (χ3n) is 3.18. The lowest BCUT2D eigenvalue weighted by Crippen LogP contribution is -2.26. The molecule has 0 atom stereocenters. The summed E-state index contributed by atoms with van der Waals surface area (Å²) in [7, 11) is 0. The molecule has 2 heterocycles. The molecule has 7 heteroatoms. The van der Waals surface area contributed by atoms with Gasteiger partial charge in [0.2, 0.25) is 5.91 Å². The van der Waals surface area contributed by atoms with Crippen molar-refractivity contribution in [2.45, 2.75) is 20.0 Å². The van der Waals surface area contributed by atoms with Crippen LogP contribution in [0.1, 0.15) is 11.3 Å². The summed E-state index contributed by atoms with van der Waals surface area (Å²) in [6, 6.07) is 7.87. The zero-order valence-corrected chi connectivity index (χ0v) is 14.9. The van der Waals surface area contributed by atoms with E-state index < -0.39 is 0 Å². The number of aromatic nitrogens is 3. The van der Waals surface area contributed by atoms with Crippen LogP contribution in [0.25, 0.3) is 10.7 Å². The van der Waals surface area contributed by atoms with E-state index in [-0.39, 0.29) is 12.5 Å². The highest BCUT2D eigenvalue weighted by molar-refractivity contribution is 9.10. The predicted molar refractivity (Wildman–Crippen MR) is 94.1 cm³/mol. The summed E-state index contributed by atoms with van der Waals surface area (Å²) < 4.78 is 2.77. The predicted octanol–water partition coefficient (Wildman–Crippen LogP) is 3.39. The summed E-state index contributed by atoms with van der Waals surface area (Å²) in [5, 5.41) is 5.76. The van der Waals surface area contributed by atoms with Crippen LogP contribution >= 0.6 is 27.3 Å². The minimum absolute atomic E-state index is 0.0516. The molecule has 23 heavy (non-hydrogen) atoms. The summed E-state index contributed by atoms with van der Waals surface area (Å²) in [5.74, 6) is -0.0516. The number of aryl methyl sites for hydroxylation is 1. The Hall–Kier alpha value is -1.99. The van der Waals surface area contributed by atoms with E-state index in [2.05, 4.69) is 31.2 Å². The number of benzene rings is 1. The fourth-order valence-corrected chi connectivity index (χ4v) is 3.30. The molecule has 0 saturated heterocycles. The van der Waals surface area contributed by atoms with Crippen molar-refractivity contribution < 1.29 is 4.79 Å². The average Bonchev–Trinajstić information content (AvgIpc) is 3.14. The number of rotatable bonds is 5. The van der Waals surface area contributed by atoms with Gasteiger partial charge in [0.05, 0.1) is 6.33 Å². The molecule has 0 bridgehead atoms. The van der Waals surface area contributed by atoms with Crippen molar-refractivity contribution in [2.24, 2.45) is 0 Å². The van der Waals surface area contributed by atoms with E-state index in [1.165, 1.54) is 0 Å². The molecular formula is C16H15BrN4OS. The molecule has 0 saturated carbocycles. The lowest BCUT2D eigenvalue weighted by atomic mass is 10.2. The molecule has 0 unspecified atom stereocenters. The van der Waals surface area contributed by atoms with Crippen LogP contribution < -0.4 is 5.32 Å². The summed E-state index contributed by atoms with van der Waals surface area (Å²) in [6.45, 7) is 2.70. The number of nitrogens with one attached hydrogen (secondary N) is 1. The molecule has 2 aromatic heterocycles. The van der Waals surface area contributed by atoms with Gasteiger partial charge in [-0.3, -0.25) is 4.79 Å². The van der Waals surface area contributed by atoms with Gasteiger partial charge in [-0.15, -0.1) is 11.3 Å². The highest BCUT2D eigenvalue weighted by Gasteiger charge is 2.08. The molecule has 0 spiro atoms. The lowest BCUT2D eigenvalue weighted by molar-refractivity contribution is -0.121. The molecule has 1 amide bonds. The third-order valence-corrected chi connectivity index (χ3v) is 4.65. The summed E-state index contributed by atoms with van der Waals surface area (Å²) in [5.41, 5.74) is 2.83. The van der Waals surface area contributed by atoms with Crippen molar-refractivity contribution in [1.29, 1.82) is 0 Å². The lowest BCUT2D eigenvalue weighted by Gasteiger charge is -2.06. The van der Waals surface area contributed by atoms with Crippen LogP contribution in [-0.4, -0.2) is 20.4 Å². The fourth-order valence-electron chi connectivity index (χ4n) is 2.10. The number of nitrogens with zero attached hydrogens (tertiary/aromatic N) is 3. The van der Waals surface area contributed by atoms with Gasteiger partial charge in [-0.2, -0.15) is 0 Å². The van der Waals surface area contributed by atoms with Gasteiger partial charge in [0, 0.05) is 28.3 Å². The van der Waals surface area contributed by atoms with Crippen LogP contribution in [0.4, 0.5) is 0 Å². The number of amides is 1.